The van der Waals surface area contributed by atoms with Gasteiger partial charge in [-0.3, -0.25) is 4.79 Å². The first-order valence-corrected chi connectivity index (χ1v) is 6.74. The zero-order valence-electron chi connectivity index (χ0n) is 11.1. The molecule has 0 saturated carbocycles. The average molecular weight is 255 g/mol. The number of likely N-dealkylation sites (tertiary alicyclic amines) is 1. The first-order chi connectivity index (χ1) is 8.65. The van der Waals surface area contributed by atoms with E-state index in [9.17, 15) is 9.59 Å². The maximum Gasteiger partial charge on any atom is 0.328 e. The Bertz CT molecular complexity index is 331. The van der Waals surface area contributed by atoms with Crippen molar-refractivity contribution in [3.8, 4) is 0 Å². The van der Waals surface area contributed by atoms with Crippen molar-refractivity contribution in [1.82, 2.24) is 4.90 Å². The van der Waals surface area contributed by atoms with Gasteiger partial charge in [0.2, 0.25) is 0 Å². The molecule has 0 radical (unpaired) electrons. The van der Waals surface area contributed by atoms with Crippen molar-refractivity contribution in [1.29, 1.82) is 0 Å². The molecule has 2 rings (SSSR count). The predicted octanol–water partition coefficient (Wildman–Crippen LogP) is 0.965. The minimum Gasteiger partial charge on any atom is -0.464 e. The van der Waals surface area contributed by atoms with E-state index in [1.807, 2.05) is 6.92 Å². The van der Waals surface area contributed by atoms with Gasteiger partial charge in [-0.2, -0.15) is 0 Å². The van der Waals surface area contributed by atoms with Gasteiger partial charge in [0, 0.05) is 13.2 Å². The molecule has 3 unspecified atom stereocenters. The van der Waals surface area contributed by atoms with Crippen LogP contribution in [0.4, 0.5) is 0 Å². The van der Waals surface area contributed by atoms with Crippen molar-refractivity contribution < 1.29 is 19.1 Å². The molecular weight excluding hydrogens is 234 g/mol. The van der Waals surface area contributed by atoms with Gasteiger partial charge in [-0.25, -0.2) is 4.79 Å². The molecule has 18 heavy (non-hydrogen) atoms. The molecule has 0 N–H and O–H groups in total. The van der Waals surface area contributed by atoms with Crippen LogP contribution >= 0.6 is 0 Å². The monoisotopic (exact) mass is 255 g/mol. The van der Waals surface area contributed by atoms with E-state index in [0.29, 0.717) is 26.2 Å². The predicted molar refractivity (Wildman–Crippen MR) is 64.9 cm³/mol. The zero-order chi connectivity index (χ0) is 13.1. The van der Waals surface area contributed by atoms with Crippen LogP contribution in [0.25, 0.3) is 0 Å². The summed E-state index contributed by atoms with van der Waals surface area (Å²) >= 11 is 0. The van der Waals surface area contributed by atoms with Crippen LogP contribution in [-0.2, 0) is 19.1 Å². The summed E-state index contributed by atoms with van der Waals surface area (Å²) < 4.78 is 10.5. The van der Waals surface area contributed by atoms with Gasteiger partial charge in [-0.05, 0) is 32.1 Å². The molecule has 0 spiro atoms. The smallest absolute Gasteiger partial charge is 0.328 e. The van der Waals surface area contributed by atoms with Crippen molar-refractivity contribution in [2.75, 3.05) is 19.8 Å². The van der Waals surface area contributed by atoms with Crippen LogP contribution in [-0.4, -0.2) is 48.7 Å². The summed E-state index contributed by atoms with van der Waals surface area (Å²) in [5.41, 5.74) is 0. The molecule has 0 aromatic heterocycles. The first-order valence-electron chi connectivity index (χ1n) is 6.74. The molecule has 0 bridgehead atoms. The number of hydrogen-bond donors (Lipinski definition) is 0. The largest absolute Gasteiger partial charge is 0.464 e. The topological polar surface area (TPSA) is 55.8 Å². The maximum atomic E-state index is 12.4. The van der Waals surface area contributed by atoms with Crippen LogP contribution in [0.5, 0.6) is 0 Å². The Labute approximate surface area is 107 Å². The third-order valence-corrected chi connectivity index (χ3v) is 3.73. The minimum atomic E-state index is -0.408. The number of amides is 1. The normalized spacial score (nSPS) is 31.7. The third kappa shape index (κ3) is 2.51. The minimum absolute atomic E-state index is 0.0458. The van der Waals surface area contributed by atoms with Gasteiger partial charge in [0.05, 0.1) is 6.61 Å². The Morgan fingerprint density at radius 3 is 2.78 bits per heavy atom. The first kappa shape index (κ1) is 13.3. The van der Waals surface area contributed by atoms with Gasteiger partial charge < -0.3 is 14.4 Å². The molecule has 2 saturated heterocycles. The lowest BCUT2D eigenvalue weighted by atomic mass is 10.0. The Morgan fingerprint density at radius 2 is 2.17 bits per heavy atom. The van der Waals surface area contributed by atoms with E-state index in [4.69, 9.17) is 9.47 Å². The Morgan fingerprint density at radius 1 is 1.39 bits per heavy atom. The van der Waals surface area contributed by atoms with Crippen LogP contribution in [0, 0.1) is 5.92 Å². The fraction of sp³-hybridized carbons (Fsp3) is 0.846. The number of nitrogens with zero attached hydrogens (tertiary/aromatic N) is 1. The molecule has 0 aromatic rings. The summed E-state index contributed by atoms with van der Waals surface area (Å²) in [6.07, 6.45) is 2.09. The van der Waals surface area contributed by atoms with Gasteiger partial charge in [-0.1, -0.05) is 6.92 Å². The van der Waals surface area contributed by atoms with Crippen molar-refractivity contribution in [2.24, 2.45) is 5.92 Å². The summed E-state index contributed by atoms with van der Waals surface area (Å²) in [5.74, 6) is -0.0921. The van der Waals surface area contributed by atoms with E-state index in [2.05, 4.69) is 0 Å². The molecule has 3 atom stereocenters. The second-order valence-electron chi connectivity index (χ2n) is 5.00. The Kier molecular flexibility index (Phi) is 4.22. The lowest BCUT2D eigenvalue weighted by Gasteiger charge is -2.26. The number of rotatable bonds is 3. The van der Waals surface area contributed by atoms with Crippen LogP contribution < -0.4 is 0 Å². The summed E-state index contributed by atoms with van der Waals surface area (Å²) in [7, 11) is 0. The molecule has 1 amide bonds. The van der Waals surface area contributed by atoms with E-state index in [0.717, 1.165) is 12.8 Å². The fourth-order valence-corrected chi connectivity index (χ4v) is 2.69. The number of carbonyl (C=O) groups excluding carboxylic acids is 2. The van der Waals surface area contributed by atoms with E-state index in [1.54, 1.807) is 11.8 Å². The van der Waals surface area contributed by atoms with Crippen molar-refractivity contribution >= 4 is 11.9 Å². The highest BCUT2D eigenvalue weighted by Gasteiger charge is 2.41. The van der Waals surface area contributed by atoms with Crippen LogP contribution in [0.15, 0.2) is 0 Å². The zero-order valence-corrected chi connectivity index (χ0v) is 11.1. The van der Waals surface area contributed by atoms with Gasteiger partial charge in [0.15, 0.2) is 0 Å². The number of carbonyl (C=O) groups is 2. The maximum absolute atomic E-state index is 12.4. The summed E-state index contributed by atoms with van der Waals surface area (Å²) in [6, 6.07) is -0.408. The van der Waals surface area contributed by atoms with Crippen molar-refractivity contribution in [2.45, 2.75) is 45.3 Å². The summed E-state index contributed by atoms with van der Waals surface area (Å²) in [4.78, 5) is 25.8. The third-order valence-electron chi connectivity index (χ3n) is 3.73. The van der Waals surface area contributed by atoms with Crippen molar-refractivity contribution in [3.63, 3.8) is 0 Å². The second kappa shape index (κ2) is 5.69. The van der Waals surface area contributed by atoms with E-state index >= 15 is 0 Å². The van der Waals surface area contributed by atoms with Gasteiger partial charge in [0.1, 0.15) is 12.1 Å². The van der Waals surface area contributed by atoms with Gasteiger partial charge in [-0.15, -0.1) is 0 Å². The van der Waals surface area contributed by atoms with Gasteiger partial charge >= 0.3 is 5.97 Å². The van der Waals surface area contributed by atoms with E-state index in [1.165, 1.54) is 0 Å². The lowest BCUT2D eigenvalue weighted by Crippen LogP contribution is -2.47. The molecule has 5 heteroatoms. The number of hydrogen-bond acceptors (Lipinski definition) is 4. The molecule has 102 valence electrons. The summed E-state index contributed by atoms with van der Waals surface area (Å²) in [5, 5.41) is 0. The fourth-order valence-electron chi connectivity index (χ4n) is 2.69. The Hall–Kier alpha value is -1.10. The Balaban J connectivity index is 2.02. The van der Waals surface area contributed by atoms with Crippen LogP contribution in [0.3, 0.4) is 0 Å². The number of ether oxygens (including phenoxy) is 2. The lowest BCUT2D eigenvalue weighted by molar-refractivity contribution is -0.156. The standard InChI is InChI=1S/C13H21NO4/c1-3-17-13(16)10-5-4-7-14(10)12(15)11-9(2)6-8-18-11/h9-11H,3-8H2,1-2H3. The highest BCUT2D eigenvalue weighted by atomic mass is 16.5. The molecule has 2 aliphatic rings. The average Bonchev–Trinajstić information content (AvgIpc) is 2.96. The molecule has 0 aromatic carbocycles. The molecule has 2 fully saturated rings. The molecule has 2 heterocycles. The highest BCUT2D eigenvalue weighted by Crippen LogP contribution is 2.26. The van der Waals surface area contributed by atoms with E-state index < -0.39 is 6.04 Å². The van der Waals surface area contributed by atoms with Crippen molar-refractivity contribution in [3.05, 3.63) is 0 Å². The van der Waals surface area contributed by atoms with Crippen LogP contribution in [0.2, 0.25) is 0 Å². The molecule has 0 aliphatic carbocycles. The van der Waals surface area contributed by atoms with Crippen LogP contribution in [0.1, 0.15) is 33.1 Å². The number of esters is 1. The second-order valence-corrected chi connectivity index (χ2v) is 5.00. The van der Waals surface area contributed by atoms with E-state index in [-0.39, 0.29) is 23.9 Å². The molecule has 5 nitrogen and oxygen atoms in total. The SMILES string of the molecule is CCOC(=O)C1CCCN1C(=O)C1OCCC1C. The highest BCUT2D eigenvalue weighted by molar-refractivity contribution is 5.88. The van der Waals surface area contributed by atoms with Gasteiger partial charge in [0.25, 0.3) is 5.91 Å². The molecule has 2 aliphatic heterocycles. The summed E-state index contributed by atoms with van der Waals surface area (Å²) in [6.45, 7) is 5.42. The molecular formula is C13H21NO4. The quantitative estimate of drug-likeness (QED) is 0.705.